The van der Waals surface area contributed by atoms with Crippen molar-refractivity contribution in [1.82, 2.24) is 4.90 Å². The van der Waals surface area contributed by atoms with Gasteiger partial charge in [0, 0.05) is 35.9 Å². The minimum Gasteiger partial charge on any atom is -0.495 e. The number of anilines is 3. The first-order valence-electron chi connectivity index (χ1n) is 14.4. The fourth-order valence-corrected chi connectivity index (χ4v) is 5.14. The van der Waals surface area contributed by atoms with E-state index in [4.69, 9.17) is 9.47 Å². The molecule has 1 heterocycles. The number of esters is 1. The molecule has 2 N–H and O–H groups in total. The summed E-state index contributed by atoms with van der Waals surface area (Å²) in [6, 6.07) is 9.89. The van der Waals surface area contributed by atoms with Crippen LogP contribution in [-0.2, 0) is 11.2 Å². The van der Waals surface area contributed by atoms with Gasteiger partial charge in [0.1, 0.15) is 12.3 Å². The third-order valence-electron chi connectivity index (χ3n) is 6.96. The van der Waals surface area contributed by atoms with E-state index < -0.39 is 24.7 Å². The number of hydrogen-bond acceptors (Lipinski definition) is 7. The van der Waals surface area contributed by atoms with E-state index in [-0.39, 0.29) is 74.0 Å². The summed E-state index contributed by atoms with van der Waals surface area (Å²) < 4.78 is 51.3. The summed E-state index contributed by atoms with van der Waals surface area (Å²) in [6.07, 6.45) is -3.07. The minimum absolute atomic E-state index is 0. The van der Waals surface area contributed by atoms with Crippen LogP contribution in [-0.4, -0.2) is 76.1 Å². The van der Waals surface area contributed by atoms with E-state index in [1.165, 1.54) is 12.0 Å². The molecule has 45 heavy (non-hydrogen) atoms. The van der Waals surface area contributed by atoms with Gasteiger partial charge in [0.15, 0.2) is 0 Å². The molecule has 0 saturated heterocycles. The van der Waals surface area contributed by atoms with Crippen molar-refractivity contribution >= 4 is 23.0 Å². The van der Waals surface area contributed by atoms with E-state index in [0.717, 1.165) is 30.8 Å². The van der Waals surface area contributed by atoms with E-state index in [1.807, 2.05) is 6.07 Å². The Morgan fingerprint density at radius 3 is 2.49 bits per heavy atom. The van der Waals surface area contributed by atoms with E-state index >= 15 is 0 Å². The standard InChI is InChI=1S/C32H43F3N4O3.2CH3.Gd/c1-7-42-31(40)24-13-14-28(30(18-24)41-6)36-16-9-10-25-19-26-27(37-23(4)15-17-38(5)20-22(2)3)11-8-12-29(26)39(25)21-32(33,34)35;;;/h8,11-14,18,22-23,25,36-37H,7,15-17,19-21H2,1-6H3;2*1H3;/q;2*-1;+2. The molecule has 0 aliphatic carbocycles. The largest absolute Gasteiger partial charge is 2.00 e. The summed E-state index contributed by atoms with van der Waals surface area (Å²) in [5.41, 5.74) is 3.24. The third-order valence-corrected chi connectivity index (χ3v) is 6.96. The molecule has 0 amide bonds. The first-order valence-corrected chi connectivity index (χ1v) is 14.4. The van der Waals surface area contributed by atoms with Gasteiger partial charge in [0.2, 0.25) is 0 Å². The Morgan fingerprint density at radius 1 is 1.16 bits per heavy atom. The smallest absolute Gasteiger partial charge is 0.495 e. The maximum atomic E-state index is 13.6. The first kappa shape index (κ1) is 42.7. The zero-order valence-corrected chi connectivity index (χ0v) is 30.0. The van der Waals surface area contributed by atoms with Crippen molar-refractivity contribution in [3.63, 3.8) is 0 Å². The molecule has 0 spiro atoms. The summed E-state index contributed by atoms with van der Waals surface area (Å²) in [6.45, 7) is 9.53. The van der Waals surface area contributed by atoms with Crippen LogP contribution in [0.15, 0.2) is 36.4 Å². The van der Waals surface area contributed by atoms with Crippen LogP contribution in [0.4, 0.5) is 30.2 Å². The average molecular weight is 776 g/mol. The molecular weight excluding hydrogens is 727 g/mol. The second-order valence-corrected chi connectivity index (χ2v) is 11.1. The molecule has 2 aromatic carbocycles. The average Bonchev–Trinajstić information content (AvgIpc) is 3.26. The molecule has 3 rings (SSSR count). The van der Waals surface area contributed by atoms with Crippen LogP contribution in [0.3, 0.4) is 0 Å². The van der Waals surface area contributed by atoms with Gasteiger partial charge in [-0.05, 0) is 70.1 Å². The van der Waals surface area contributed by atoms with Gasteiger partial charge in [-0.25, -0.2) is 4.79 Å². The third kappa shape index (κ3) is 13.2. The zero-order chi connectivity index (χ0) is 30.9. The monoisotopic (exact) mass is 776 g/mol. The van der Waals surface area contributed by atoms with E-state index in [9.17, 15) is 18.0 Å². The van der Waals surface area contributed by atoms with Crippen LogP contribution in [0.2, 0.25) is 0 Å². The van der Waals surface area contributed by atoms with Crippen LogP contribution in [0.5, 0.6) is 5.75 Å². The topological polar surface area (TPSA) is 66.1 Å². The maximum absolute atomic E-state index is 13.6. The van der Waals surface area contributed by atoms with Gasteiger partial charge in [-0.1, -0.05) is 31.8 Å². The van der Waals surface area contributed by atoms with Crippen LogP contribution >= 0.6 is 0 Å². The van der Waals surface area contributed by atoms with Gasteiger partial charge in [-0.2, -0.15) is 13.2 Å². The number of fused-ring (bicyclic) bond motifs is 1. The molecule has 0 aromatic heterocycles. The summed E-state index contributed by atoms with van der Waals surface area (Å²) >= 11 is 0. The normalized spacial score (nSPS) is 14.2. The Labute approximate surface area is 300 Å². The molecular formula is C34H49F3GdN4O3. The van der Waals surface area contributed by atoms with E-state index in [0.29, 0.717) is 35.0 Å². The van der Waals surface area contributed by atoms with Crippen molar-refractivity contribution in [2.75, 3.05) is 62.5 Å². The van der Waals surface area contributed by atoms with Crippen LogP contribution in [0, 0.1) is 72.6 Å². The zero-order valence-electron chi connectivity index (χ0n) is 27.8. The van der Waals surface area contributed by atoms with Crippen LogP contribution in [0.25, 0.3) is 0 Å². The SMILES string of the molecule is CCOC(=O)c1ccc(NCC#CC2Cc3c(NC(C)CCN(C)CC(C)C)cccc3N2CC(F)(F)F)c(OC)c1.[CH3-].[CH3-].[Gd+2]. The summed E-state index contributed by atoms with van der Waals surface area (Å²) in [4.78, 5) is 15.7. The van der Waals surface area contributed by atoms with Crippen molar-refractivity contribution in [2.24, 2.45) is 5.92 Å². The second kappa shape index (κ2) is 20.1. The van der Waals surface area contributed by atoms with Gasteiger partial charge in [-0.3, -0.25) is 0 Å². The minimum atomic E-state index is -4.37. The number of ether oxygens (including phenoxy) is 2. The van der Waals surface area contributed by atoms with Gasteiger partial charge in [0.05, 0.1) is 37.6 Å². The number of carbonyl (C=O) groups excluding carboxylic acids is 1. The molecule has 1 aliphatic heterocycles. The summed E-state index contributed by atoms with van der Waals surface area (Å²) in [7, 11) is 3.59. The van der Waals surface area contributed by atoms with E-state index in [2.05, 4.69) is 55.2 Å². The molecule has 1 aliphatic rings. The van der Waals surface area contributed by atoms with Gasteiger partial charge >= 0.3 is 52.1 Å². The number of benzene rings is 2. The van der Waals surface area contributed by atoms with Gasteiger partial charge in [-0.15, -0.1) is 0 Å². The number of nitrogens with one attached hydrogen (secondary N) is 2. The fraction of sp³-hybridized carbons (Fsp3) is 0.500. The predicted octanol–water partition coefficient (Wildman–Crippen LogP) is 6.96. The fourth-order valence-electron chi connectivity index (χ4n) is 5.14. The predicted molar refractivity (Wildman–Crippen MR) is 175 cm³/mol. The van der Waals surface area contributed by atoms with Crippen molar-refractivity contribution in [1.29, 1.82) is 0 Å². The molecule has 0 saturated carbocycles. The number of hydrogen-bond donors (Lipinski definition) is 2. The number of nitrogens with zero attached hydrogens (tertiary/aromatic N) is 2. The summed E-state index contributed by atoms with van der Waals surface area (Å²) in [5.74, 6) is 6.63. The Hall–Kier alpha value is -2.26. The molecule has 11 heteroatoms. The second-order valence-electron chi connectivity index (χ2n) is 11.1. The quantitative estimate of drug-likeness (QED) is 0.130. The number of carbonyl (C=O) groups is 1. The van der Waals surface area contributed by atoms with Gasteiger partial charge < -0.3 is 44.8 Å². The molecule has 2 aromatic rings. The Morgan fingerprint density at radius 2 is 1.87 bits per heavy atom. The van der Waals surface area contributed by atoms with Crippen molar-refractivity contribution < 1.29 is 67.4 Å². The Bertz CT molecular complexity index is 1260. The Balaban J connectivity index is 0.00000645. The first-order chi connectivity index (χ1) is 19.9. The molecule has 0 radical (unpaired) electrons. The van der Waals surface area contributed by atoms with E-state index in [1.54, 1.807) is 37.3 Å². The van der Waals surface area contributed by atoms with Crippen molar-refractivity contribution in [2.45, 2.75) is 58.8 Å². The molecule has 252 valence electrons. The number of halogens is 3. The Kier molecular flexibility index (Phi) is 19.1. The van der Waals surface area contributed by atoms with Gasteiger partial charge in [0.25, 0.3) is 0 Å². The molecule has 0 bridgehead atoms. The van der Waals surface area contributed by atoms with Crippen molar-refractivity contribution in [3.05, 3.63) is 62.4 Å². The number of rotatable bonds is 13. The summed E-state index contributed by atoms with van der Waals surface area (Å²) in [5, 5.41) is 6.67. The molecule has 0 fully saturated rings. The van der Waals surface area contributed by atoms with Crippen LogP contribution in [0.1, 0.15) is 50.0 Å². The van der Waals surface area contributed by atoms with Crippen molar-refractivity contribution in [3.8, 4) is 17.6 Å². The maximum Gasteiger partial charge on any atom is 2.00 e. The number of methoxy groups -OCH3 is 1. The molecule has 2 unspecified atom stereocenters. The molecule has 2 atom stereocenters. The molecule has 7 nitrogen and oxygen atoms in total. The van der Waals surface area contributed by atoms with Crippen LogP contribution < -0.4 is 20.3 Å². The number of alkyl halides is 3.